The molecule has 0 radical (unpaired) electrons. The second-order valence-corrected chi connectivity index (χ2v) is 8.80. The summed E-state index contributed by atoms with van der Waals surface area (Å²) in [6, 6.07) is 12.0. The number of hydrogen-bond donors (Lipinski definition) is 0. The number of ether oxygens (including phenoxy) is 1. The van der Waals surface area contributed by atoms with Gasteiger partial charge >= 0.3 is 0 Å². The van der Waals surface area contributed by atoms with Crippen molar-refractivity contribution >= 4 is 32.6 Å². The lowest BCUT2D eigenvalue weighted by atomic mass is 10.1. The van der Waals surface area contributed by atoms with Crippen molar-refractivity contribution < 1.29 is 9.53 Å². The molecule has 0 atom stereocenters. The second kappa shape index (κ2) is 9.96. The molecule has 0 N–H and O–H groups in total. The number of carbonyl (C=O) groups excluding carboxylic acids is 1. The third-order valence-electron chi connectivity index (χ3n) is 5.41. The number of carbonyl (C=O) groups is 1. The summed E-state index contributed by atoms with van der Waals surface area (Å²) in [4.78, 5) is 24.2. The second-order valence-electron chi connectivity index (χ2n) is 7.83. The maximum atomic E-state index is 13.4. The van der Waals surface area contributed by atoms with Crippen LogP contribution in [0.4, 0.5) is 5.13 Å². The van der Waals surface area contributed by atoms with E-state index in [1.807, 2.05) is 46.9 Å². The van der Waals surface area contributed by atoms with Gasteiger partial charge in [0.1, 0.15) is 5.75 Å². The molecule has 4 aromatic rings. The number of imidazole rings is 1. The minimum absolute atomic E-state index is 0.0501. The van der Waals surface area contributed by atoms with Gasteiger partial charge in [0.05, 0.1) is 29.6 Å². The van der Waals surface area contributed by atoms with Crippen LogP contribution in [-0.4, -0.2) is 33.6 Å². The largest absolute Gasteiger partial charge is 0.494 e. The molecule has 1 amide bonds. The van der Waals surface area contributed by atoms with Gasteiger partial charge in [-0.3, -0.25) is 9.69 Å². The first-order valence-electron chi connectivity index (χ1n) is 10.9. The van der Waals surface area contributed by atoms with E-state index in [0.717, 1.165) is 45.2 Å². The number of nitrogens with zero attached hydrogens (tertiary/aromatic N) is 4. The number of hydrogen-bond acceptors (Lipinski definition) is 5. The molecule has 2 aromatic heterocycles. The number of aryl methyl sites for hydroxylation is 3. The van der Waals surface area contributed by atoms with Crippen molar-refractivity contribution in [3.63, 3.8) is 0 Å². The number of thiazole rings is 1. The van der Waals surface area contributed by atoms with Crippen molar-refractivity contribution in [1.29, 1.82) is 0 Å². The van der Waals surface area contributed by atoms with Crippen LogP contribution in [0.3, 0.4) is 0 Å². The van der Waals surface area contributed by atoms with Gasteiger partial charge < -0.3 is 9.30 Å². The summed E-state index contributed by atoms with van der Waals surface area (Å²) in [7, 11) is 0. The summed E-state index contributed by atoms with van der Waals surface area (Å²) in [5.41, 5.74) is 4.27. The lowest BCUT2D eigenvalue weighted by Gasteiger charge is -2.20. The molecule has 6 nitrogen and oxygen atoms in total. The SMILES string of the molecule is CCOc1ccc(CC(=O)N(CCCn2ccnc2)c2nc3c(C)ccc(C)c3s2)cc1. The van der Waals surface area contributed by atoms with Crippen molar-refractivity contribution in [3.8, 4) is 5.75 Å². The van der Waals surface area contributed by atoms with Crippen LogP contribution in [0.15, 0.2) is 55.1 Å². The van der Waals surface area contributed by atoms with Crippen LogP contribution < -0.4 is 9.64 Å². The van der Waals surface area contributed by atoms with E-state index >= 15 is 0 Å². The Morgan fingerprint density at radius 1 is 1.12 bits per heavy atom. The first-order chi connectivity index (χ1) is 15.5. The fraction of sp³-hybridized carbons (Fsp3) is 0.320. The molecule has 0 aliphatic rings. The predicted molar refractivity (Wildman–Crippen MR) is 130 cm³/mol. The standard InChI is InChI=1S/C25H28N4O2S/c1-4-31-21-10-8-20(9-11-21)16-22(30)29(14-5-13-28-15-12-26-17-28)25-27-23-18(2)6-7-19(3)24(23)32-25/h6-12,15,17H,4-5,13-14,16H2,1-3H3. The lowest BCUT2D eigenvalue weighted by Crippen LogP contribution is -2.33. The molecule has 0 fully saturated rings. The summed E-state index contributed by atoms with van der Waals surface area (Å²) in [5, 5.41) is 0.763. The van der Waals surface area contributed by atoms with Crippen molar-refractivity contribution in [2.45, 2.75) is 40.2 Å². The van der Waals surface area contributed by atoms with Gasteiger partial charge in [-0.05, 0) is 56.0 Å². The molecule has 0 spiro atoms. The molecular formula is C25H28N4O2S. The van der Waals surface area contributed by atoms with E-state index in [1.54, 1.807) is 23.9 Å². The van der Waals surface area contributed by atoms with Crippen LogP contribution >= 0.6 is 11.3 Å². The van der Waals surface area contributed by atoms with E-state index in [1.165, 1.54) is 5.56 Å². The van der Waals surface area contributed by atoms with Gasteiger partial charge in [-0.1, -0.05) is 35.6 Å². The van der Waals surface area contributed by atoms with Crippen molar-refractivity contribution in [2.75, 3.05) is 18.1 Å². The number of aromatic nitrogens is 3. The minimum Gasteiger partial charge on any atom is -0.494 e. The van der Waals surface area contributed by atoms with Crippen LogP contribution in [0, 0.1) is 13.8 Å². The normalized spacial score (nSPS) is 11.1. The Morgan fingerprint density at radius 3 is 2.59 bits per heavy atom. The van der Waals surface area contributed by atoms with Crippen LogP contribution in [0.1, 0.15) is 30.0 Å². The van der Waals surface area contributed by atoms with E-state index in [9.17, 15) is 4.79 Å². The van der Waals surface area contributed by atoms with E-state index in [2.05, 4.69) is 31.0 Å². The third kappa shape index (κ3) is 4.99. The number of benzene rings is 2. The Balaban J connectivity index is 1.57. The zero-order chi connectivity index (χ0) is 22.5. The zero-order valence-corrected chi connectivity index (χ0v) is 19.6. The summed E-state index contributed by atoms with van der Waals surface area (Å²) >= 11 is 1.60. The van der Waals surface area contributed by atoms with E-state index < -0.39 is 0 Å². The maximum Gasteiger partial charge on any atom is 0.233 e. The molecule has 0 aliphatic carbocycles. The molecule has 32 heavy (non-hydrogen) atoms. The fourth-order valence-electron chi connectivity index (χ4n) is 3.66. The van der Waals surface area contributed by atoms with E-state index in [-0.39, 0.29) is 5.91 Å². The summed E-state index contributed by atoms with van der Waals surface area (Å²) in [5.74, 6) is 0.868. The monoisotopic (exact) mass is 448 g/mol. The highest BCUT2D eigenvalue weighted by Crippen LogP contribution is 2.33. The van der Waals surface area contributed by atoms with Gasteiger partial charge in [0.2, 0.25) is 5.91 Å². The van der Waals surface area contributed by atoms with Crippen LogP contribution in [0.2, 0.25) is 0 Å². The highest BCUT2D eigenvalue weighted by Gasteiger charge is 2.21. The van der Waals surface area contributed by atoms with Gasteiger partial charge in [0, 0.05) is 25.5 Å². The quantitative estimate of drug-likeness (QED) is 0.354. The Hall–Kier alpha value is -3.19. The number of amides is 1. The van der Waals surface area contributed by atoms with E-state index in [0.29, 0.717) is 19.6 Å². The molecule has 0 aliphatic heterocycles. The van der Waals surface area contributed by atoms with Crippen LogP contribution in [0.5, 0.6) is 5.75 Å². The number of rotatable bonds is 9. The molecule has 2 aromatic carbocycles. The van der Waals surface area contributed by atoms with Gasteiger partial charge in [0.15, 0.2) is 5.13 Å². The molecule has 4 rings (SSSR count). The summed E-state index contributed by atoms with van der Waals surface area (Å²) < 4.78 is 8.69. The van der Waals surface area contributed by atoms with Crippen molar-refractivity contribution in [1.82, 2.24) is 14.5 Å². The van der Waals surface area contributed by atoms with E-state index in [4.69, 9.17) is 9.72 Å². The molecule has 0 bridgehead atoms. The lowest BCUT2D eigenvalue weighted by molar-refractivity contribution is -0.118. The van der Waals surface area contributed by atoms with Crippen molar-refractivity contribution in [3.05, 3.63) is 71.8 Å². The third-order valence-corrected chi connectivity index (χ3v) is 6.62. The minimum atomic E-state index is 0.0501. The Bertz CT molecular complexity index is 1140. The molecule has 166 valence electrons. The Kier molecular flexibility index (Phi) is 6.85. The topological polar surface area (TPSA) is 60.2 Å². The molecule has 0 saturated heterocycles. The van der Waals surface area contributed by atoms with Crippen LogP contribution in [-0.2, 0) is 17.8 Å². The molecule has 0 unspecified atom stereocenters. The zero-order valence-electron chi connectivity index (χ0n) is 18.7. The highest BCUT2D eigenvalue weighted by molar-refractivity contribution is 7.22. The Morgan fingerprint density at radius 2 is 1.91 bits per heavy atom. The smallest absolute Gasteiger partial charge is 0.233 e. The highest BCUT2D eigenvalue weighted by atomic mass is 32.1. The average Bonchev–Trinajstić information content (AvgIpc) is 3.46. The molecule has 0 saturated carbocycles. The first kappa shape index (κ1) is 22.0. The van der Waals surface area contributed by atoms with Gasteiger partial charge in [-0.2, -0.15) is 0 Å². The summed E-state index contributed by atoms with van der Waals surface area (Å²) in [6.45, 7) is 8.15. The predicted octanol–water partition coefficient (Wildman–Crippen LogP) is 5.17. The fourth-order valence-corrected chi connectivity index (χ4v) is 4.82. The Labute approximate surface area is 192 Å². The van der Waals surface area contributed by atoms with Gasteiger partial charge in [-0.15, -0.1) is 0 Å². The first-order valence-corrected chi connectivity index (χ1v) is 11.7. The maximum absolute atomic E-state index is 13.4. The van der Waals surface area contributed by atoms with Crippen LogP contribution in [0.25, 0.3) is 10.2 Å². The molecule has 7 heteroatoms. The van der Waals surface area contributed by atoms with Gasteiger partial charge in [0.25, 0.3) is 0 Å². The number of fused-ring (bicyclic) bond motifs is 1. The summed E-state index contributed by atoms with van der Waals surface area (Å²) in [6.07, 6.45) is 6.66. The average molecular weight is 449 g/mol. The van der Waals surface area contributed by atoms with Crippen molar-refractivity contribution in [2.24, 2.45) is 0 Å². The molecule has 2 heterocycles. The van der Waals surface area contributed by atoms with Gasteiger partial charge in [-0.25, -0.2) is 9.97 Å². The molecular weight excluding hydrogens is 420 g/mol. The number of anilines is 1.